The largest absolute Gasteiger partial charge is 0.490 e. The van der Waals surface area contributed by atoms with Crippen LogP contribution in [-0.2, 0) is 0 Å². The molecule has 0 aliphatic rings. The highest BCUT2D eigenvalue weighted by molar-refractivity contribution is 5.63. The van der Waals surface area contributed by atoms with Crippen LogP contribution in [0.4, 0.5) is 11.6 Å². The number of rotatable bonds is 10. The smallest absolute Gasteiger partial charge is 0.204 e. The second kappa shape index (κ2) is 9.36. The Kier molecular flexibility index (Phi) is 7.72. The molecule has 0 saturated carbocycles. The first-order valence-electron chi connectivity index (χ1n) is 7.20. The Balaban J connectivity index is 2.51. The average Bonchev–Trinajstić information content (AvgIpc) is 2.44. The molecule has 0 saturated heterocycles. The first kappa shape index (κ1) is 16.5. The zero-order valence-electron chi connectivity index (χ0n) is 13.1. The summed E-state index contributed by atoms with van der Waals surface area (Å²) in [5.41, 5.74) is 0. The van der Waals surface area contributed by atoms with Crippen molar-refractivity contribution in [2.75, 3.05) is 51.5 Å². The highest BCUT2D eigenvalue weighted by atomic mass is 16.5. The van der Waals surface area contributed by atoms with Gasteiger partial charge in [0.15, 0.2) is 11.6 Å². The van der Waals surface area contributed by atoms with Crippen molar-refractivity contribution in [2.45, 2.75) is 26.2 Å². The fourth-order valence-electron chi connectivity index (χ4n) is 1.82. The van der Waals surface area contributed by atoms with Crippen LogP contribution in [0.15, 0.2) is 6.33 Å². The zero-order valence-corrected chi connectivity index (χ0v) is 13.1. The molecule has 0 amide bonds. The second-order valence-electron chi connectivity index (χ2n) is 4.97. The second-order valence-corrected chi connectivity index (χ2v) is 4.97. The lowest BCUT2D eigenvalue weighted by Crippen LogP contribution is -2.14. The van der Waals surface area contributed by atoms with Crippen molar-refractivity contribution >= 4 is 11.6 Å². The lowest BCUT2D eigenvalue weighted by molar-refractivity contribution is 0.396. The number of nitrogens with zero attached hydrogens (tertiary/aromatic N) is 3. The van der Waals surface area contributed by atoms with Crippen molar-refractivity contribution in [3.8, 4) is 5.75 Å². The molecule has 0 aliphatic carbocycles. The van der Waals surface area contributed by atoms with Crippen molar-refractivity contribution in [1.29, 1.82) is 0 Å². The van der Waals surface area contributed by atoms with E-state index in [9.17, 15) is 0 Å². The molecule has 114 valence electrons. The van der Waals surface area contributed by atoms with E-state index in [-0.39, 0.29) is 0 Å². The van der Waals surface area contributed by atoms with Gasteiger partial charge < -0.3 is 20.3 Å². The molecule has 0 aliphatic heterocycles. The van der Waals surface area contributed by atoms with Crippen LogP contribution >= 0.6 is 0 Å². The summed E-state index contributed by atoms with van der Waals surface area (Å²) >= 11 is 0. The van der Waals surface area contributed by atoms with Gasteiger partial charge in [0.05, 0.1) is 7.11 Å². The van der Waals surface area contributed by atoms with Crippen molar-refractivity contribution < 1.29 is 4.74 Å². The van der Waals surface area contributed by atoms with Gasteiger partial charge in [0, 0.05) is 13.1 Å². The Morgan fingerprint density at radius 1 is 1.10 bits per heavy atom. The lowest BCUT2D eigenvalue weighted by Gasteiger charge is -2.14. The van der Waals surface area contributed by atoms with Gasteiger partial charge in [-0.15, -0.1) is 0 Å². The average molecular weight is 281 g/mol. The molecular formula is C14H27N5O. The van der Waals surface area contributed by atoms with E-state index in [0.717, 1.165) is 50.5 Å². The number of ether oxygens (including phenoxy) is 1. The minimum absolute atomic E-state index is 0.688. The standard InChI is InChI=1S/C14H27N5O/c1-5-8-15-13-12(20-4)14(18-11-17-13)16-9-6-7-10-19(2)3/h11H,5-10H2,1-4H3,(H2,15,16,17,18). The number of unbranched alkanes of at least 4 members (excludes halogenated alkanes) is 1. The molecule has 0 aromatic carbocycles. The van der Waals surface area contributed by atoms with Crippen LogP contribution in [0, 0.1) is 0 Å². The molecule has 6 heteroatoms. The molecule has 6 nitrogen and oxygen atoms in total. The lowest BCUT2D eigenvalue weighted by atomic mass is 10.3. The predicted molar refractivity (Wildman–Crippen MR) is 83.6 cm³/mol. The summed E-state index contributed by atoms with van der Waals surface area (Å²) in [5.74, 6) is 2.19. The summed E-state index contributed by atoms with van der Waals surface area (Å²) in [6.45, 7) is 4.97. The summed E-state index contributed by atoms with van der Waals surface area (Å²) in [6.07, 6.45) is 4.86. The Bertz CT molecular complexity index is 384. The van der Waals surface area contributed by atoms with Crippen molar-refractivity contribution in [1.82, 2.24) is 14.9 Å². The Morgan fingerprint density at radius 2 is 1.75 bits per heavy atom. The number of aromatic nitrogens is 2. The number of hydrogen-bond acceptors (Lipinski definition) is 6. The van der Waals surface area contributed by atoms with E-state index in [4.69, 9.17) is 4.74 Å². The quantitative estimate of drug-likeness (QED) is 0.640. The molecule has 1 heterocycles. The first-order chi connectivity index (χ1) is 9.69. The van der Waals surface area contributed by atoms with Gasteiger partial charge in [-0.25, -0.2) is 9.97 Å². The summed E-state index contributed by atoms with van der Waals surface area (Å²) in [4.78, 5) is 10.7. The molecule has 1 aromatic heterocycles. The monoisotopic (exact) mass is 281 g/mol. The Labute approximate surface area is 121 Å². The third-order valence-corrected chi connectivity index (χ3v) is 2.87. The number of nitrogens with one attached hydrogen (secondary N) is 2. The minimum Gasteiger partial charge on any atom is -0.490 e. The summed E-state index contributed by atoms with van der Waals surface area (Å²) in [5, 5.41) is 6.57. The topological polar surface area (TPSA) is 62.3 Å². The van der Waals surface area contributed by atoms with Crippen LogP contribution in [0.3, 0.4) is 0 Å². The Hall–Kier alpha value is -1.56. The van der Waals surface area contributed by atoms with E-state index in [1.165, 1.54) is 0 Å². The van der Waals surface area contributed by atoms with Gasteiger partial charge in [0.1, 0.15) is 6.33 Å². The van der Waals surface area contributed by atoms with E-state index < -0.39 is 0 Å². The summed E-state index contributed by atoms with van der Waals surface area (Å²) < 4.78 is 5.41. The van der Waals surface area contributed by atoms with Crippen molar-refractivity contribution in [3.05, 3.63) is 6.33 Å². The van der Waals surface area contributed by atoms with Gasteiger partial charge in [-0.05, 0) is 39.9 Å². The van der Waals surface area contributed by atoms with Crippen molar-refractivity contribution in [2.24, 2.45) is 0 Å². The molecule has 0 unspecified atom stereocenters. The molecule has 0 spiro atoms. The molecule has 0 atom stereocenters. The van der Waals surface area contributed by atoms with E-state index in [1.54, 1.807) is 13.4 Å². The molecule has 2 N–H and O–H groups in total. The summed E-state index contributed by atoms with van der Waals surface area (Å²) in [6, 6.07) is 0. The minimum atomic E-state index is 0.688. The molecule has 0 fully saturated rings. The van der Waals surface area contributed by atoms with Gasteiger partial charge in [-0.2, -0.15) is 0 Å². The van der Waals surface area contributed by atoms with Crippen LogP contribution in [0.1, 0.15) is 26.2 Å². The van der Waals surface area contributed by atoms with Gasteiger partial charge in [-0.1, -0.05) is 6.92 Å². The van der Waals surface area contributed by atoms with E-state index in [0.29, 0.717) is 5.75 Å². The zero-order chi connectivity index (χ0) is 14.8. The highest BCUT2D eigenvalue weighted by Gasteiger charge is 2.10. The van der Waals surface area contributed by atoms with Crippen LogP contribution in [-0.4, -0.2) is 55.7 Å². The fraction of sp³-hybridized carbons (Fsp3) is 0.714. The van der Waals surface area contributed by atoms with E-state index in [1.807, 2.05) is 0 Å². The van der Waals surface area contributed by atoms with Gasteiger partial charge in [-0.3, -0.25) is 0 Å². The van der Waals surface area contributed by atoms with Crippen LogP contribution in [0.2, 0.25) is 0 Å². The molecule has 0 radical (unpaired) electrons. The van der Waals surface area contributed by atoms with E-state index >= 15 is 0 Å². The van der Waals surface area contributed by atoms with Gasteiger partial charge in [0.25, 0.3) is 0 Å². The Morgan fingerprint density at radius 3 is 2.30 bits per heavy atom. The van der Waals surface area contributed by atoms with Crippen LogP contribution in [0.25, 0.3) is 0 Å². The van der Waals surface area contributed by atoms with Crippen LogP contribution in [0.5, 0.6) is 5.75 Å². The maximum absolute atomic E-state index is 5.41. The third kappa shape index (κ3) is 5.61. The normalized spacial score (nSPS) is 10.7. The van der Waals surface area contributed by atoms with Gasteiger partial charge >= 0.3 is 0 Å². The SMILES string of the molecule is CCCNc1ncnc(NCCCCN(C)C)c1OC. The van der Waals surface area contributed by atoms with Crippen LogP contribution < -0.4 is 15.4 Å². The molecule has 1 rings (SSSR count). The molecular weight excluding hydrogens is 254 g/mol. The highest BCUT2D eigenvalue weighted by Crippen LogP contribution is 2.28. The van der Waals surface area contributed by atoms with E-state index in [2.05, 4.69) is 46.5 Å². The molecule has 20 heavy (non-hydrogen) atoms. The fourth-order valence-corrected chi connectivity index (χ4v) is 1.82. The maximum Gasteiger partial charge on any atom is 0.204 e. The third-order valence-electron chi connectivity index (χ3n) is 2.87. The first-order valence-corrected chi connectivity index (χ1v) is 7.20. The molecule has 1 aromatic rings. The number of hydrogen-bond donors (Lipinski definition) is 2. The maximum atomic E-state index is 5.41. The molecule has 0 bridgehead atoms. The predicted octanol–water partition coefficient (Wildman–Crippen LogP) is 2.06. The number of anilines is 2. The number of methoxy groups -OCH3 is 1. The van der Waals surface area contributed by atoms with Gasteiger partial charge in [0.2, 0.25) is 5.75 Å². The summed E-state index contributed by atoms with van der Waals surface area (Å²) in [7, 11) is 5.83. The van der Waals surface area contributed by atoms with Crippen molar-refractivity contribution in [3.63, 3.8) is 0 Å².